The van der Waals surface area contributed by atoms with Crippen molar-refractivity contribution in [3.63, 3.8) is 0 Å². The quantitative estimate of drug-likeness (QED) is 0.930. The molecular weight excluding hydrogens is 316 g/mol. The Balaban J connectivity index is 1.79. The van der Waals surface area contributed by atoms with E-state index >= 15 is 0 Å². The molecule has 1 fully saturated rings. The summed E-state index contributed by atoms with van der Waals surface area (Å²) in [4.78, 5) is 33.5. The van der Waals surface area contributed by atoms with Crippen LogP contribution in [0.25, 0.3) is 0 Å². The van der Waals surface area contributed by atoms with Crippen molar-refractivity contribution >= 4 is 17.5 Å². The summed E-state index contributed by atoms with van der Waals surface area (Å²) in [6.45, 7) is 4.93. The highest BCUT2D eigenvalue weighted by atomic mass is 16.2. The van der Waals surface area contributed by atoms with E-state index in [-0.39, 0.29) is 11.8 Å². The van der Waals surface area contributed by atoms with Crippen molar-refractivity contribution in [3.05, 3.63) is 59.4 Å². The zero-order chi connectivity index (χ0) is 17.8. The van der Waals surface area contributed by atoms with Crippen molar-refractivity contribution in [1.29, 1.82) is 0 Å². The SMILES string of the molecule is Cc1cccc(C(=O)Nc2ccccc2C(=O)N2CCN(C)CC2)n1. The number of likely N-dealkylation sites (N-methyl/N-ethyl adjacent to an activating group) is 1. The minimum atomic E-state index is -0.317. The van der Waals surface area contributed by atoms with E-state index in [1.165, 1.54) is 0 Å². The van der Waals surface area contributed by atoms with Gasteiger partial charge in [-0.25, -0.2) is 4.98 Å². The number of hydrogen-bond donors (Lipinski definition) is 1. The van der Waals surface area contributed by atoms with E-state index in [0.29, 0.717) is 30.0 Å². The maximum absolute atomic E-state index is 12.8. The van der Waals surface area contributed by atoms with Gasteiger partial charge in [0.1, 0.15) is 5.69 Å². The van der Waals surface area contributed by atoms with Crippen LogP contribution in [0.3, 0.4) is 0 Å². The van der Waals surface area contributed by atoms with Gasteiger partial charge >= 0.3 is 0 Å². The molecule has 2 amide bonds. The van der Waals surface area contributed by atoms with Crippen molar-refractivity contribution in [3.8, 4) is 0 Å². The first-order valence-electron chi connectivity index (χ1n) is 8.36. The number of carbonyl (C=O) groups is 2. The topological polar surface area (TPSA) is 65.5 Å². The van der Waals surface area contributed by atoms with Crippen LogP contribution in [-0.2, 0) is 0 Å². The molecule has 3 rings (SSSR count). The molecule has 6 nitrogen and oxygen atoms in total. The zero-order valence-corrected chi connectivity index (χ0v) is 14.5. The van der Waals surface area contributed by atoms with Crippen LogP contribution in [0.5, 0.6) is 0 Å². The predicted molar refractivity (Wildman–Crippen MR) is 96.8 cm³/mol. The number of aryl methyl sites for hydroxylation is 1. The second kappa shape index (κ2) is 7.44. The van der Waals surface area contributed by atoms with Gasteiger partial charge in [-0.15, -0.1) is 0 Å². The van der Waals surface area contributed by atoms with E-state index in [1.54, 1.807) is 30.3 Å². The average molecular weight is 338 g/mol. The van der Waals surface area contributed by atoms with Gasteiger partial charge in [-0.2, -0.15) is 0 Å². The van der Waals surface area contributed by atoms with Crippen LogP contribution < -0.4 is 5.32 Å². The number of hydrogen-bond acceptors (Lipinski definition) is 4. The molecule has 0 unspecified atom stereocenters. The lowest BCUT2D eigenvalue weighted by atomic mass is 10.1. The third-order valence-corrected chi connectivity index (χ3v) is 4.32. The van der Waals surface area contributed by atoms with Crippen molar-refractivity contribution < 1.29 is 9.59 Å². The monoisotopic (exact) mass is 338 g/mol. The molecule has 1 saturated heterocycles. The van der Waals surface area contributed by atoms with Crippen molar-refractivity contribution in [1.82, 2.24) is 14.8 Å². The van der Waals surface area contributed by atoms with Crippen LogP contribution in [0, 0.1) is 6.92 Å². The van der Waals surface area contributed by atoms with Crippen LogP contribution in [0.15, 0.2) is 42.5 Å². The highest BCUT2D eigenvalue weighted by Gasteiger charge is 2.23. The lowest BCUT2D eigenvalue weighted by molar-refractivity contribution is 0.0665. The maximum atomic E-state index is 12.8. The van der Waals surface area contributed by atoms with Gasteiger partial charge in [0, 0.05) is 31.9 Å². The Morgan fingerprint density at radius 3 is 2.44 bits per heavy atom. The molecule has 2 heterocycles. The Morgan fingerprint density at radius 1 is 1.00 bits per heavy atom. The van der Waals surface area contributed by atoms with Gasteiger partial charge in [0.25, 0.3) is 11.8 Å². The highest BCUT2D eigenvalue weighted by molar-refractivity contribution is 6.08. The molecule has 1 aromatic heterocycles. The lowest BCUT2D eigenvalue weighted by Gasteiger charge is -2.32. The van der Waals surface area contributed by atoms with E-state index in [2.05, 4.69) is 15.2 Å². The first-order chi connectivity index (χ1) is 12.0. The molecule has 1 aliphatic rings. The van der Waals surface area contributed by atoms with Crippen LogP contribution in [0.1, 0.15) is 26.5 Å². The number of carbonyl (C=O) groups excluding carboxylic acids is 2. The summed E-state index contributed by atoms with van der Waals surface area (Å²) in [7, 11) is 2.05. The molecule has 0 aliphatic carbocycles. The fourth-order valence-electron chi connectivity index (χ4n) is 2.81. The predicted octanol–water partition coefficient (Wildman–Crippen LogP) is 2.03. The first-order valence-corrected chi connectivity index (χ1v) is 8.36. The van der Waals surface area contributed by atoms with Gasteiger partial charge in [0.2, 0.25) is 0 Å². The highest BCUT2D eigenvalue weighted by Crippen LogP contribution is 2.19. The Hall–Kier alpha value is -2.73. The molecule has 0 bridgehead atoms. The summed E-state index contributed by atoms with van der Waals surface area (Å²) < 4.78 is 0. The molecule has 0 spiro atoms. The summed E-state index contributed by atoms with van der Waals surface area (Å²) in [6, 6.07) is 12.4. The Kier molecular flexibility index (Phi) is 5.09. The summed E-state index contributed by atoms with van der Waals surface area (Å²) in [5.74, 6) is -0.372. The average Bonchev–Trinajstić information content (AvgIpc) is 2.62. The Bertz CT molecular complexity index is 782. The minimum Gasteiger partial charge on any atom is -0.336 e. The Morgan fingerprint density at radius 2 is 1.72 bits per heavy atom. The van der Waals surface area contributed by atoms with Crippen molar-refractivity contribution in [2.75, 3.05) is 38.5 Å². The smallest absolute Gasteiger partial charge is 0.274 e. The molecule has 25 heavy (non-hydrogen) atoms. The normalized spacial score (nSPS) is 15.0. The largest absolute Gasteiger partial charge is 0.336 e. The number of anilines is 1. The molecule has 1 N–H and O–H groups in total. The molecule has 0 radical (unpaired) electrons. The van der Waals surface area contributed by atoms with Gasteiger partial charge in [-0.05, 0) is 38.2 Å². The van der Waals surface area contributed by atoms with E-state index in [9.17, 15) is 9.59 Å². The molecule has 6 heteroatoms. The molecule has 1 aliphatic heterocycles. The number of benzene rings is 1. The molecule has 0 atom stereocenters. The number of nitrogens with zero attached hydrogens (tertiary/aromatic N) is 3. The van der Waals surface area contributed by atoms with E-state index in [4.69, 9.17) is 0 Å². The van der Waals surface area contributed by atoms with Gasteiger partial charge in [0.05, 0.1) is 11.3 Å². The van der Waals surface area contributed by atoms with E-state index < -0.39 is 0 Å². The molecular formula is C19H22N4O2. The van der Waals surface area contributed by atoms with E-state index in [1.807, 2.05) is 31.0 Å². The van der Waals surface area contributed by atoms with Gasteiger partial charge in [0.15, 0.2) is 0 Å². The molecule has 2 aromatic rings. The number of aromatic nitrogens is 1. The number of amides is 2. The first kappa shape index (κ1) is 17.1. The standard InChI is InChI=1S/C19H22N4O2/c1-14-6-5-9-17(20-14)18(24)21-16-8-4-3-7-15(16)19(25)23-12-10-22(2)11-13-23/h3-9H,10-13H2,1-2H3,(H,21,24). The van der Waals surface area contributed by atoms with E-state index in [0.717, 1.165) is 18.8 Å². The summed E-state index contributed by atoms with van der Waals surface area (Å²) in [5.41, 5.74) is 2.13. The second-order valence-corrected chi connectivity index (χ2v) is 6.26. The second-order valence-electron chi connectivity index (χ2n) is 6.26. The number of nitrogens with one attached hydrogen (secondary N) is 1. The summed E-state index contributed by atoms with van der Waals surface area (Å²) >= 11 is 0. The lowest BCUT2D eigenvalue weighted by Crippen LogP contribution is -2.47. The Labute approximate surface area is 147 Å². The van der Waals surface area contributed by atoms with Crippen LogP contribution >= 0.6 is 0 Å². The van der Waals surface area contributed by atoms with Crippen LogP contribution in [0.4, 0.5) is 5.69 Å². The maximum Gasteiger partial charge on any atom is 0.274 e. The third kappa shape index (κ3) is 4.03. The number of pyridine rings is 1. The fourth-order valence-corrected chi connectivity index (χ4v) is 2.81. The molecule has 0 saturated carbocycles. The zero-order valence-electron chi connectivity index (χ0n) is 14.5. The number of piperazine rings is 1. The molecule has 1 aromatic carbocycles. The van der Waals surface area contributed by atoms with Crippen molar-refractivity contribution in [2.45, 2.75) is 6.92 Å². The minimum absolute atomic E-state index is 0.0544. The molecule has 130 valence electrons. The third-order valence-electron chi connectivity index (χ3n) is 4.32. The number of rotatable bonds is 3. The number of para-hydroxylation sites is 1. The van der Waals surface area contributed by atoms with Gasteiger partial charge in [-0.3, -0.25) is 9.59 Å². The van der Waals surface area contributed by atoms with Crippen LogP contribution in [-0.4, -0.2) is 59.8 Å². The summed E-state index contributed by atoms with van der Waals surface area (Å²) in [6.07, 6.45) is 0. The van der Waals surface area contributed by atoms with Gasteiger partial charge in [-0.1, -0.05) is 18.2 Å². The van der Waals surface area contributed by atoms with Crippen molar-refractivity contribution in [2.24, 2.45) is 0 Å². The fraction of sp³-hybridized carbons (Fsp3) is 0.316. The summed E-state index contributed by atoms with van der Waals surface area (Å²) in [5, 5.41) is 2.82. The van der Waals surface area contributed by atoms with Gasteiger partial charge < -0.3 is 15.1 Å². The van der Waals surface area contributed by atoms with Crippen LogP contribution in [0.2, 0.25) is 0 Å².